The Labute approximate surface area is 324 Å². The molecule has 0 N–H and O–H groups in total. The number of hydrogen-bond acceptors (Lipinski definition) is 2. The van der Waals surface area contributed by atoms with Gasteiger partial charge in [0, 0.05) is 5.57 Å². The Morgan fingerprint density at radius 2 is 0.529 bits per heavy atom. The van der Waals surface area contributed by atoms with Gasteiger partial charge < -0.3 is 4.43 Å². The summed E-state index contributed by atoms with van der Waals surface area (Å²) >= 11 is 0. The van der Waals surface area contributed by atoms with Crippen LogP contribution in [-0.4, -0.2) is 14.3 Å². The zero-order valence-corrected chi connectivity index (χ0v) is 37.0. The van der Waals surface area contributed by atoms with Crippen molar-refractivity contribution < 1.29 is 9.22 Å². The number of carbonyl (C=O) groups excluding carboxylic acids is 1. The van der Waals surface area contributed by atoms with Crippen LogP contribution in [0.5, 0.6) is 0 Å². The maximum absolute atomic E-state index is 13.0. The summed E-state index contributed by atoms with van der Waals surface area (Å²) in [4.78, 5) is 13.0. The standard InChI is InChI=1S/C48H96O2Si/c1-6-9-12-15-18-20-22-24-26-28-30-32-34-36-39-42-45-51(50-48(49)47(4)5,44-41-38-17-14-11-8-3)46-43-40-37-35-33-31-29-27-25-23-21-19-16-13-10-7-2/h4,6-46H2,1-3,5H3. The minimum Gasteiger partial charge on any atom is -0.516 e. The second-order valence-corrected chi connectivity index (χ2v) is 21.0. The van der Waals surface area contributed by atoms with Crippen molar-refractivity contribution in [1.82, 2.24) is 0 Å². The van der Waals surface area contributed by atoms with Gasteiger partial charge >= 0.3 is 5.97 Å². The summed E-state index contributed by atoms with van der Waals surface area (Å²) in [6, 6.07) is 3.53. The fraction of sp³-hybridized carbons (Fsp3) is 0.938. The fourth-order valence-corrected chi connectivity index (χ4v) is 12.3. The zero-order chi connectivity index (χ0) is 37.4. The van der Waals surface area contributed by atoms with Gasteiger partial charge in [-0.3, -0.25) is 0 Å². The molecule has 0 aliphatic rings. The first-order chi connectivity index (χ1) is 25.0. The van der Waals surface area contributed by atoms with Crippen LogP contribution in [0.3, 0.4) is 0 Å². The van der Waals surface area contributed by atoms with Crippen LogP contribution in [0.2, 0.25) is 18.1 Å². The molecule has 51 heavy (non-hydrogen) atoms. The van der Waals surface area contributed by atoms with Crippen molar-refractivity contribution in [2.75, 3.05) is 0 Å². The number of rotatable bonds is 43. The van der Waals surface area contributed by atoms with E-state index in [1.165, 1.54) is 262 Å². The molecule has 0 heterocycles. The van der Waals surface area contributed by atoms with Gasteiger partial charge in [-0.25, -0.2) is 4.79 Å². The summed E-state index contributed by atoms with van der Waals surface area (Å²) in [5.41, 5.74) is 0.591. The third-order valence-electron chi connectivity index (χ3n) is 11.6. The van der Waals surface area contributed by atoms with E-state index in [0.717, 1.165) is 0 Å². The summed E-state index contributed by atoms with van der Waals surface area (Å²) in [7, 11) is -2.11. The van der Waals surface area contributed by atoms with Crippen LogP contribution < -0.4 is 0 Å². The molecule has 0 aromatic heterocycles. The van der Waals surface area contributed by atoms with Gasteiger partial charge in [0.05, 0.1) is 0 Å². The van der Waals surface area contributed by atoms with Crippen molar-refractivity contribution in [2.24, 2.45) is 0 Å². The van der Waals surface area contributed by atoms with Gasteiger partial charge in [0.15, 0.2) is 0 Å². The van der Waals surface area contributed by atoms with Gasteiger partial charge in [0.1, 0.15) is 0 Å². The van der Waals surface area contributed by atoms with Crippen LogP contribution in [0.1, 0.15) is 272 Å². The van der Waals surface area contributed by atoms with Gasteiger partial charge in [-0.15, -0.1) is 0 Å². The van der Waals surface area contributed by atoms with Crippen molar-refractivity contribution in [3.63, 3.8) is 0 Å². The Morgan fingerprint density at radius 3 is 0.706 bits per heavy atom. The molecule has 0 rings (SSSR count). The maximum atomic E-state index is 13.0. The molecule has 3 heteroatoms. The molecule has 0 fully saturated rings. The minimum atomic E-state index is -2.11. The third-order valence-corrected chi connectivity index (χ3v) is 16.0. The SMILES string of the molecule is C=C(C)C(=O)O[Si](CCCCCCCC)(CCCCCCCCCCCCCCCCCC)CCCCCCCCCCCCCCCCCC. The first-order valence-electron chi connectivity index (χ1n) is 23.9. The van der Waals surface area contributed by atoms with Gasteiger partial charge in [0.2, 0.25) is 0 Å². The number of hydrogen-bond donors (Lipinski definition) is 0. The molecule has 0 aromatic carbocycles. The molecule has 0 unspecified atom stereocenters. The predicted octanol–water partition coefficient (Wildman–Crippen LogP) is 17.9. The van der Waals surface area contributed by atoms with Gasteiger partial charge in [-0.1, -0.05) is 271 Å². The van der Waals surface area contributed by atoms with Crippen LogP contribution in [0, 0.1) is 0 Å². The van der Waals surface area contributed by atoms with Crippen molar-refractivity contribution in [2.45, 2.75) is 290 Å². The van der Waals surface area contributed by atoms with Crippen molar-refractivity contribution in [1.29, 1.82) is 0 Å². The van der Waals surface area contributed by atoms with E-state index in [1.807, 2.05) is 6.92 Å². The zero-order valence-electron chi connectivity index (χ0n) is 36.0. The Balaban J connectivity index is 4.45. The van der Waals surface area contributed by atoms with Crippen LogP contribution in [-0.2, 0) is 9.22 Å². The summed E-state index contributed by atoms with van der Waals surface area (Å²) in [5, 5.41) is 0. The highest BCUT2D eigenvalue weighted by atomic mass is 28.4. The highest BCUT2D eigenvalue weighted by molar-refractivity contribution is 6.75. The molecule has 0 spiro atoms. The molecular formula is C48H96O2Si. The second-order valence-electron chi connectivity index (χ2n) is 17.0. The molecule has 0 saturated carbocycles. The van der Waals surface area contributed by atoms with Crippen LogP contribution in [0.15, 0.2) is 12.2 Å². The highest BCUT2D eigenvalue weighted by Gasteiger charge is 2.37. The topological polar surface area (TPSA) is 26.3 Å². The van der Waals surface area contributed by atoms with Crippen LogP contribution in [0.4, 0.5) is 0 Å². The largest absolute Gasteiger partial charge is 0.516 e. The predicted molar refractivity (Wildman–Crippen MR) is 234 cm³/mol. The lowest BCUT2D eigenvalue weighted by atomic mass is 10.0. The molecular weight excluding hydrogens is 637 g/mol. The molecule has 0 aliphatic carbocycles. The van der Waals surface area contributed by atoms with Gasteiger partial charge in [0.25, 0.3) is 8.32 Å². The van der Waals surface area contributed by atoms with Crippen molar-refractivity contribution in [3.8, 4) is 0 Å². The highest BCUT2D eigenvalue weighted by Crippen LogP contribution is 2.32. The van der Waals surface area contributed by atoms with Crippen molar-refractivity contribution in [3.05, 3.63) is 12.2 Å². The van der Waals surface area contributed by atoms with E-state index in [-0.39, 0.29) is 5.97 Å². The van der Waals surface area contributed by atoms with E-state index in [9.17, 15) is 4.79 Å². The van der Waals surface area contributed by atoms with E-state index >= 15 is 0 Å². The van der Waals surface area contributed by atoms with E-state index in [4.69, 9.17) is 4.43 Å². The Hall–Kier alpha value is -0.573. The lowest BCUT2D eigenvalue weighted by molar-refractivity contribution is -0.131. The number of unbranched alkanes of at least 4 members (excludes halogenated alkanes) is 35. The lowest BCUT2D eigenvalue weighted by Gasteiger charge is -2.32. The third kappa shape index (κ3) is 36.2. The van der Waals surface area contributed by atoms with Crippen LogP contribution in [0.25, 0.3) is 0 Å². The molecule has 304 valence electrons. The van der Waals surface area contributed by atoms with Gasteiger partial charge in [-0.05, 0) is 25.1 Å². The molecule has 0 bridgehead atoms. The lowest BCUT2D eigenvalue weighted by Crippen LogP contribution is -2.40. The molecule has 0 radical (unpaired) electrons. The summed E-state index contributed by atoms with van der Waals surface area (Å²) in [6.45, 7) is 12.7. The summed E-state index contributed by atoms with van der Waals surface area (Å²) in [6.07, 6.45) is 52.8. The van der Waals surface area contributed by atoms with Crippen LogP contribution >= 0.6 is 0 Å². The molecule has 2 nitrogen and oxygen atoms in total. The smallest absolute Gasteiger partial charge is 0.319 e. The van der Waals surface area contributed by atoms with E-state index in [0.29, 0.717) is 5.57 Å². The average Bonchev–Trinajstić information content (AvgIpc) is 3.12. The molecule has 0 amide bonds. The number of carbonyl (C=O) groups is 1. The Kier molecular flexibility index (Phi) is 40.2. The first-order valence-corrected chi connectivity index (χ1v) is 26.4. The Morgan fingerprint density at radius 1 is 0.353 bits per heavy atom. The molecule has 0 aromatic rings. The first kappa shape index (κ1) is 50.4. The average molecular weight is 733 g/mol. The Bertz CT molecular complexity index is 682. The van der Waals surface area contributed by atoms with E-state index in [1.54, 1.807) is 0 Å². The molecule has 0 saturated heterocycles. The monoisotopic (exact) mass is 733 g/mol. The van der Waals surface area contributed by atoms with E-state index < -0.39 is 8.32 Å². The minimum absolute atomic E-state index is 0.0966. The van der Waals surface area contributed by atoms with Gasteiger partial charge in [-0.2, -0.15) is 0 Å². The van der Waals surface area contributed by atoms with Crippen molar-refractivity contribution >= 4 is 14.3 Å². The molecule has 0 aliphatic heterocycles. The maximum Gasteiger partial charge on any atom is 0.319 e. The molecule has 0 atom stereocenters. The fourth-order valence-electron chi connectivity index (χ4n) is 8.03. The summed E-state index contributed by atoms with van der Waals surface area (Å²) < 4.78 is 6.58. The second kappa shape index (κ2) is 40.6. The quantitative estimate of drug-likeness (QED) is 0.0354. The summed E-state index contributed by atoms with van der Waals surface area (Å²) in [5.74, 6) is -0.0966. The normalized spacial score (nSPS) is 11.8. The van der Waals surface area contributed by atoms with E-state index in [2.05, 4.69) is 27.4 Å².